The third-order valence-corrected chi connectivity index (χ3v) is 1.97. The first-order chi connectivity index (χ1) is 6.74. The van der Waals surface area contributed by atoms with E-state index in [1.165, 1.54) is 6.42 Å². The molecule has 0 bridgehead atoms. The molecular weight excluding hydrogens is 174 g/mol. The molecule has 0 aliphatic carbocycles. The zero-order valence-corrected chi connectivity index (χ0v) is 8.83. The topological polar surface area (TPSA) is 41.7 Å². The molecule has 0 aliphatic rings. The monoisotopic (exact) mass is 191 g/mol. The molecule has 0 saturated carbocycles. The second-order valence-corrected chi connectivity index (χ2v) is 3.33. The number of allylic oxidation sites excluding steroid dienone is 2. The molecule has 0 unspecified atom stereocenters. The zero-order valence-electron chi connectivity index (χ0n) is 8.83. The normalized spacial score (nSPS) is 11.0. The van der Waals surface area contributed by atoms with Gasteiger partial charge in [-0.3, -0.25) is 10.4 Å². The first-order valence-corrected chi connectivity index (χ1v) is 4.96. The van der Waals surface area contributed by atoms with Crippen molar-refractivity contribution in [2.75, 3.05) is 0 Å². The van der Waals surface area contributed by atoms with Crippen molar-refractivity contribution in [1.82, 2.24) is 9.55 Å². The van der Waals surface area contributed by atoms with Crippen molar-refractivity contribution < 1.29 is 0 Å². The number of aromatic nitrogens is 2. The van der Waals surface area contributed by atoms with Crippen LogP contribution in [-0.2, 0) is 6.54 Å². The van der Waals surface area contributed by atoms with E-state index in [4.69, 9.17) is 5.41 Å². The molecule has 0 fully saturated rings. The van der Waals surface area contributed by atoms with Crippen LogP contribution in [0.3, 0.4) is 0 Å². The van der Waals surface area contributed by atoms with Gasteiger partial charge in [-0.05, 0) is 13.3 Å². The Hall–Kier alpha value is -1.38. The van der Waals surface area contributed by atoms with Gasteiger partial charge in [-0.2, -0.15) is 0 Å². The molecule has 0 radical (unpaired) electrons. The number of aryl methyl sites for hydroxylation is 1. The van der Waals surface area contributed by atoms with Crippen molar-refractivity contribution in [3.63, 3.8) is 0 Å². The Bertz CT molecular complexity index is 363. The van der Waals surface area contributed by atoms with Crippen LogP contribution in [0, 0.1) is 12.3 Å². The van der Waals surface area contributed by atoms with Gasteiger partial charge < -0.3 is 4.57 Å². The molecule has 1 aromatic heterocycles. The van der Waals surface area contributed by atoms with Crippen molar-refractivity contribution in [1.29, 1.82) is 5.41 Å². The van der Waals surface area contributed by atoms with Crippen molar-refractivity contribution in [3.05, 3.63) is 35.7 Å². The van der Waals surface area contributed by atoms with E-state index in [1.807, 2.05) is 17.7 Å². The maximum Gasteiger partial charge on any atom is 0.143 e. The summed E-state index contributed by atoms with van der Waals surface area (Å²) in [5.74, 6) is 0. The van der Waals surface area contributed by atoms with Crippen molar-refractivity contribution >= 4 is 0 Å². The molecular formula is C11H17N3. The lowest BCUT2D eigenvalue weighted by Gasteiger charge is -2.03. The largest absolute Gasteiger partial charge is 0.327 e. The van der Waals surface area contributed by atoms with Gasteiger partial charge >= 0.3 is 0 Å². The average molecular weight is 191 g/mol. The van der Waals surface area contributed by atoms with Gasteiger partial charge in [0.1, 0.15) is 5.49 Å². The van der Waals surface area contributed by atoms with E-state index in [-0.39, 0.29) is 0 Å². The van der Waals surface area contributed by atoms with Gasteiger partial charge in [-0.15, -0.1) is 0 Å². The Kier molecular flexibility index (Phi) is 4.11. The Labute approximate surface area is 84.6 Å². The molecule has 0 amide bonds. The van der Waals surface area contributed by atoms with Gasteiger partial charge in [0.25, 0.3) is 0 Å². The van der Waals surface area contributed by atoms with E-state index in [9.17, 15) is 0 Å². The van der Waals surface area contributed by atoms with Crippen molar-refractivity contribution in [3.8, 4) is 0 Å². The van der Waals surface area contributed by atoms with Crippen LogP contribution in [0.5, 0.6) is 0 Å². The number of nitrogens with one attached hydrogen (secondary N) is 1. The first kappa shape index (κ1) is 10.7. The summed E-state index contributed by atoms with van der Waals surface area (Å²) >= 11 is 0. The van der Waals surface area contributed by atoms with Gasteiger partial charge in [0.05, 0.1) is 11.9 Å². The van der Waals surface area contributed by atoms with E-state index >= 15 is 0 Å². The van der Waals surface area contributed by atoms with Crippen LogP contribution in [-0.4, -0.2) is 9.55 Å². The Morgan fingerprint density at radius 3 is 3.00 bits per heavy atom. The highest BCUT2D eigenvalue weighted by atomic mass is 15.0. The lowest BCUT2D eigenvalue weighted by atomic mass is 10.3. The van der Waals surface area contributed by atoms with Gasteiger partial charge in [-0.1, -0.05) is 25.5 Å². The Morgan fingerprint density at radius 2 is 2.29 bits per heavy atom. The van der Waals surface area contributed by atoms with Gasteiger partial charge in [0.2, 0.25) is 0 Å². The minimum atomic E-state index is 0.455. The molecule has 14 heavy (non-hydrogen) atoms. The number of unbranched alkanes of at least 4 members (excludes halogenated alkanes) is 1. The molecule has 1 aromatic rings. The van der Waals surface area contributed by atoms with E-state index < -0.39 is 0 Å². The Balaban J connectivity index is 2.67. The Morgan fingerprint density at radius 1 is 1.50 bits per heavy atom. The van der Waals surface area contributed by atoms with Crippen LogP contribution >= 0.6 is 0 Å². The van der Waals surface area contributed by atoms with Crippen LogP contribution in [0.25, 0.3) is 0 Å². The standard InChI is InChI=1S/C11H17N3/c1-3-4-5-6-7-14-9-10(2)13-8-11(14)12/h5-6,8-9,12H,3-4,7H2,1-2H3/b6-5-,12-11?. The molecule has 76 valence electrons. The summed E-state index contributed by atoms with van der Waals surface area (Å²) in [6.07, 6.45) is 10.0. The quantitative estimate of drug-likeness (QED) is 0.727. The lowest BCUT2D eigenvalue weighted by Crippen LogP contribution is -2.19. The number of hydrogen-bond donors (Lipinski definition) is 1. The van der Waals surface area contributed by atoms with Crippen molar-refractivity contribution in [2.24, 2.45) is 0 Å². The second kappa shape index (κ2) is 5.37. The van der Waals surface area contributed by atoms with Gasteiger partial charge in [0.15, 0.2) is 0 Å². The number of hydrogen-bond acceptors (Lipinski definition) is 2. The zero-order chi connectivity index (χ0) is 10.4. The van der Waals surface area contributed by atoms with Crippen LogP contribution in [0.4, 0.5) is 0 Å². The fourth-order valence-corrected chi connectivity index (χ4v) is 1.19. The smallest absolute Gasteiger partial charge is 0.143 e. The highest BCUT2D eigenvalue weighted by molar-refractivity contribution is 4.94. The molecule has 1 rings (SSSR count). The minimum absolute atomic E-state index is 0.455. The summed E-state index contributed by atoms with van der Waals surface area (Å²) in [6.45, 7) is 4.86. The fraction of sp³-hybridized carbons (Fsp3) is 0.455. The summed E-state index contributed by atoms with van der Waals surface area (Å²) in [7, 11) is 0. The predicted octanol–water partition coefficient (Wildman–Crippen LogP) is 2.03. The fourth-order valence-electron chi connectivity index (χ4n) is 1.19. The molecule has 3 heteroatoms. The van der Waals surface area contributed by atoms with Gasteiger partial charge in [0, 0.05) is 12.7 Å². The molecule has 1 N–H and O–H groups in total. The van der Waals surface area contributed by atoms with E-state index in [1.54, 1.807) is 6.20 Å². The summed E-state index contributed by atoms with van der Waals surface area (Å²) in [5.41, 5.74) is 1.40. The maximum absolute atomic E-state index is 7.61. The van der Waals surface area contributed by atoms with Crippen LogP contribution in [0.15, 0.2) is 24.5 Å². The number of nitrogens with zero attached hydrogens (tertiary/aromatic N) is 2. The van der Waals surface area contributed by atoms with Crippen LogP contribution in [0.2, 0.25) is 0 Å². The van der Waals surface area contributed by atoms with Crippen LogP contribution in [0.1, 0.15) is 25.5 Å². The summed E-state index contributed by atoms with van der Waals surface area (Å²) in [4.78, 5) is 4.05. The summed E-state index contributed by atoms with van der Waals surface area (Å²) < 4.78 is 1.88. The van der Waals surface area contributed by atoms with Crippen LogP contribution < -0.4 is 5.49 Å². The molecule has 0 saturated heterocycles. The lowest BCUT2D eigenvalue weighted by molar-refractivity contribution is 0.724. The molecule has 1 heterocycles. The van der Waals surface area contributed by atoms with Gasteiger partial charge in [-0.25, -0.2) is 0 Å². The third-order valence-electron chi connectivity index (χ3n) is 1.97. The third kappa shape index (κ3) is 3.17. The molecule has 0 aliphatic heterocycles. The summed E-state index contributed by atoms with van der Waals surface area (Å²) in [5, 5.41) is 7.61. The number of rotatable bonds is 4. The van der Waals surface area contributed by atoms with E-state index in [2.05, 4.69) is 24.1 Å². The molecule has 0 atom stereocenters. The minimum Gasteiger partial charge on any atom is -0.327 e. The first-order valence-electron chi connectivity index (χ1n) is 4.96. The summed E-state index contributed by atoms with van der Waals surface area (Å²) in [6, 6.07) is 0. The molecule has 0 spiro atoms. The highest BCUT2D eigenvalue weighted by Crippen LogP contribution is 1.91. The molecule has 0 aromatic carbocycles. The highest BCUT2D eigenvalue weighted by Gasteiger charge is 1.90. The van der Waals surface area contributed by atoms with Crippen molar-refractivity contribution in [2.45, 2.75) is 33.2 Å². The maximum atomic E-state index is 7.61. The predicted molar refractivity (Wildman–Crippen MR) is 56.9 cm³/mol. The molecule has 3 nitrogen and oxygen atoms in total. The second-order valence-electron chi connectivity index (χ2n) is 3.33. The SMILES string of the molecule is CCC/C=C\Cn1cc(C)ncc1=N. The van der Waals surface area contributed by atoms with E-state index in [0.29, 0.717) is 5.49 Å². The average Bonchev–Trinajstić information content (AvgIpc) is 2.18. The van der Waals surface area contributed by atoms with E-state index in [0.717, 1.165) is 18.7 Å².